The van der Waals surface area contributed by atoms with Gasteiger partial charge >= 0.3 is 0 Å². The van der Waals surface area contributed by atoms with Crippen LogP contribution < -0.4 is 0 Å². The molecule has 0 aromatic carbocycles. The molecular weight excluding hydrogens is 164 g/mol. The summed E-state index contributed by atoms with van der Waals surface area (Å²) in [6, 6.07) is 0. The SMILES string of the molecule is C=C1CCOCC1C(CCC)OC. The topological polar surface area (TPSA) is 18.5 Å². The summed E-state index contributed by atoms with van der Waals surface area (Å²) < 4.78 is 10.9. The molecule has 1 rings (SSSR count). The van der Waals surface area contributed by atoms with Crippen LogP contribution in [0.25, 0.3) is 0 Å². The van der Waals surface area contributed by atoms with Crippen LogP contribution in [-0.4, -0.2) is 26.4 Å². The Bertz CT molecular complexity index is 165. The van der Waals surface area contributed by atoms with Crippen LogP contribution in [0.3, 0.4) is 0 Å². The number of rotatable bonds is 4. The number of ether oxygens (including phenoxy) is 2. The first kappa shape index (κ1) is 10.7. The molecule has 2 heteroatoms. The first-order chi connectivity index (χ1) is 6.29. The molecule has 1 saturated heterocycles. The molecule has 0 aliphatic carbocycles. The van der Waals surface area contributed by atoms with Crippen molar-refractivity contribution in [1.29, 1.82) is 0 Å². The summed E-state index contributed by atoms with van der Waals surface area (Å²) in [7, 11) is 1.78. The van der Waals surface area contributed by atoms with E-state index in [0.29, 0.717) is 12.0 Å². The van der Waals surface area contributed by atoms with Crippen molar-refractivity contribution in [2.24, 2.45) is 5.92 Å². The minimum Gasteiger partial charge on any atom is -0.381 e. The molecule has 0 radical (unpaired) electrons. The quantitative estimate of drug-likeness (QED) is 0.625. The van der Waals surface area contributed by atoms with Gasteiger partial charge in [-0.05, 0) is 12.8 Å². The molecule has 0 bridgehead atoms. The van der Waals surface area contributed by atoms with E-state index in [9.17, 15) is 0 Å². The molecule has 0 spiro atoms. The maximum absolute atomic E-state index is 5.46. The molecule has 13 heavy (non-hydrogen) atoms. The second-order valence-electron chi connectivity index (χ2n) is 3.65. The van der Waals surface area contributed by atoms with E-state index in [0.717, 1.165) is 32.5 Å². The van der Waals surface area contributed by atoms with Crippen LogP contribution >= 0.6 is 0 Å². The van der Waals surface area contributed by atoms with Gasteiger partial charge in [-0.1, -0.05) is 25.5 Å². The van der Waals surface area contributed by atoms with Crippen molar-refractivity contribution >= 4 is 0 Å². The van der Waals surface area contributed by atoms with E-state index in [2.05, 4.69) is 13.5 Å². The van der Waals surface area contributed by atoms with Crippen LogP contribution in [0.4, 0.5) is 0 Å². The molecule has 1 aliphatic rings. The smallest absolute Gasteiger partial charge is 0.0658 e. The van der Waals surface area contributed by atoms with Gasteiger partial charge in [0.15, 0.2) is 0 Å². The van der Waals surface area contributed by atoms with E-state index < -0.39 is 0 Å². The molecule has 0 amide bonds. The average molecular weight is 184 g/mol. The fourth-order valence-electron chi connectivity index (χ4n) is 1.85. The predicted octanol–water partition coefficient (Wildman–Crippen LogP) is 2.39. The zero-order valence-electron chi connectivity index (χ0n) is 8.71. The van der Waals surface area contributed by atoms with E-state index >= 15 is 0 Å². The van der Waals surface area contributed by atoms with E-state index in [1.165, 1.54) is 5.57 Å². The Balaban J connectivity index is 2.49. The summed E-state index contributed by atoms with van der Waals surface area (Å²) in [6.07, 6.45) is 3.55. The van der Waals surface area contributed by atoms with Crippen molar-refractivity contribution < 1.29 is 9.47 Å². The molecular formula is C11H20O2. The third-order valence-corrected chi connectivity index (χ3v) is 2.71. The number of hydrogen-bond donors (Lipinski definition) is 0. The highest BCUT2D eigenvalue weighted by Gasteiger charge is 2.26. The third kappa shape index (κ3) is 2.82. The highest BCUT2D eigenvalue weighted by molar-refractivity contribution is 5.05. The van der Waals surface area contributed by atoms with E-state index in [1.807, 2.05) is 0 Å². The van der Waals surface area contributed by atoms with Gasteiger partial charge < -0.3 is 9.47 Å². The monoisotopic (exact) mass is 184 g/mol. The van der Waals surface area contributed by atoms with Gasteiger partial charge in [0.2, 0.25) is 0 Å². The molecule has 2 nitrogen and oxygen atoms in total. The summed E-state index contributed by atoms with van der Waals surface area (Å²) in [5, 5.41) is 0. The minimum absolute atomic E-state index is 0.304. The van der Waals surface area contributed by atoms with Crippen LogP contribution in [0, 0.1) is 5.92 Å². The second-order valence-corrected chi connectivity index (χ2v) is 3.65. The summed E-state index contributed by atoms with van der Waals surface area (Å²) in [5.41, 5.74) is 1.30. The number of hydrogen-bond acceptors (Lipinski definition) is 2. The maximum Gasteiger partial charge on any atom is 0.0658 e. The zero-order valence-corrected chi connectivity index (χ0v) is 8.71. The van der Waals surface area contributed by atoms with Crippen LogP contribution in [0.2, 0.25) is 0 Å². The molecule has 0 N–H and O–H groups in total. The van der Waals surface area contributed by atoms with Gasteiger partial charge in [0.05, 0.1) is 19.3 Å². The van der Waals surface area contributed by atoms with Crippen LogP contribution in [-0.2, 0) is 9.47 Å². The van der Waals surface area contributed by atoms with Gasteiger partial charge in [0.1, 0.15) is 0 Å². The van der Waals surface area contributed by atoms with Crippen LogP contribution in [0.15, 0.2) is 12.2 Å². The molecule has 1 aliphatic heterocycles. The van der Waals surface area contributed by atoms with E-state index in [-0.39, 0.29) is 0 Å². The Kier molecular flexibility index (Phi) is 4.46. The van der Waals surface area contributed by atoms with Crippen molar-refractivity contribution in [1.82, 2.24) is 0 Å². The lowest BCUT2D eigenvalue weighted by Crippen LogP contribution is -2.32. The Morgan fingerprint density at radius 3 is 3.00 bits per heavy atom. The van der Waals surface area contributed by atoms with Crippen molar-refractivity contribution in [2.45, 2.75) is 32.3 Å². The Labute approximate surface area is 80.9 Å². The molecule has 1 heterocycles. The lowest BCUT2D eigenvalue weighted by molar-refractivity contribution is -0.00619. The first-order valence-electron chi connectivity index (χ1n) is 5.07. The minimum atomic E-state index is 0.304. The molecule has 2 unspecified atom stereocenters. The summed E-state index contributed by atoms with van der Waals surface area (Å²) in [5.74, 6) is 0.415. The van der Waals surface area contributed by atoms with Gasteiger partial charge in [-0.15, -0.1) is 0 Å². The van der Waals surface area contributed by atoms with Crippen molar-refractivity contribution in [3.05, 3.63) is 12.2 Å². The fraction of sp³-hybridized carbons (Fsp3) is 0.818. The Hall–Kier alpha value is -0.340. The summed E-state index contributed by atoms with van der Waals surface area (Å²) in [6.45, 7) is 7.89. The van der Waals surface area contributed by atoms with E-state index in [4.69, 9.17) is 9.47 Å². The highest BCUT2D eigenvalue weighted by Crippen LogP contribution is 2.26. The van der Waals surface area contributed by atoms with Crippen molar-refractivity contribution in [3.8, 4) is 0 Å². The predicted molar refractivity (Wildman–Crippen MR) is 53.8 cm³/mol. The lowest BCUT2D eigenvalue weighted by Gasteiger charge is -2.31. The average Bonchev–Trinajstić information content (AvgIpc) is 2.16. The van der Waals surface area contributed by atoms with Gasteiger partial charge in [0.25, 0.3) is 0 Å². The van der Waals surface area contributed by atoms with Crippen LogP contribution in [0.1, 0.15) is 26.2 Å². The Morgan fingerprint density at radius 1 is 1.69 bits per heavy atom. The highest BCUT2D eigenvalue weighted by atomic mass is 16.5. The van der Waals surface area contributed by atoms with Gasteiger partial charge in [0, 0.05) is 13.0 Å². The largest absolute Gasteiger partial charge is 0.381 e. The molecule has 76 valence electrons. The van der Waals surface area contributed by atoms with Crippen LogP contribution in [0.5, 0.6) is 0 Å². The normalized spacial score (nSPS) is 26.0. The first-order valence-corrected chi connectivity index (χ1v) is 5.07. The van der Waals surface area contributed by atoms with Crippen molar-refractivity contribution in [2.75, 3.05) is 20.3 Å². The molecule has 0 aromatic heterocycles. The molecule has 2 atom stereocenters. The molecule has 0 aromatic rings. The maximum atomic E-state index is 5.46. The summed E-state index contributed by atoms with van der Waals surface area (Å²) in [4.78, 5) is 0. The van der Waals surface area contributed by atoms with E-state index in [1.54, 1.807) is 7.11 Å². The molecule has 0 saturated carbocycles. The lowest BCUT2D eigenvalue weighted by atomic mass is 9.89. The summed E-state index contributed by atoms with van der Waals surface area (Å²) >= 11 is 0. The van der Waals surface area contributed by atoms with Gasteiger partial charge in [-0.3, -0.25) is 0 Å². The van der Waals surface area contributed by atoms with Crippen molar-refractivity contribution in [3.63, 3.8) is 0 Å². The Morgan fingerprint density at radius 2 is 2.46 bits per heavy atom. The third-order valence-electron chi connectivity index (χ3n) is 2.71. The molecule has 1 fully saturated rings. The van der Waals surface area contributed by atoms with Gasteiger partial charge in [-0.2, -0.15) is 0 Å². The zero-order chi connectivity index (χ0) is 9.68. The second kappa shape index (κ2) is 5.40. The standard InChI is InChI=1S/C11H20O2/c1-4-5-11(12-3)10-8-13-7-6-9(10)2/h10-11H,2,4-8H2,1,3H3. The number of methoxy groups -OCH3 is 1. The van der Waals surface area contributed by atoms with Gasteiger partial charge in [-0.25, -0.2) is 0 Å². The fourth-order valence-corrected chi connectivity index (χ4v) is 1.85.